The summed E-state index contributed by atoms with van der Waals surface area (Å²) in [4.78, 5) is 18.6. The second kappa shape index (κ2) is 7.50. The molecule has 2 heterocycles. The second-order valence-corrected chi connectivity index (χ2v) is 4.24. The Morgan fingerprint density at radius 1 is 1.14 bits per heavy atom. The first-order valence-corrected chi connectivity index (χ1v) is 6.47. The number of ether oxygens (including phenoxy) is 2. The Balaban J connectivity index is 2.26. The summed E-state index contributed by atoms with van der Waals surface area (Å²) in [6.07, 6.45) is 4.99. The maximum Gasteiger partial charge on any atom is 0.241 e. The molecule has 0 fully saturated rings. The molecule has 0 aliphatic rings. The number of hydrogen-bond donors (Lipinski definition) is 1. The molecule has 0 atom stereocenters. The average molecular weight is 293 g/mol. The molecule has 0 aromatic carbocycles. The minimum Gasteiger partial charge on any atom is -0.383 e. The first kappa shape index (κ1) is 15.1. The van der Waals surface area contributed by atoms with Crippen LogP contribution in [0.25, 0.3) is 5.95 Å². The van der Waals surface area contributed by atoms with Crippen molar-refractivity contribution in [3.05, 3.63) is 18.7 Å². The molecule has 0 aliphatic carbocycles. The zero-order valence-corrected chi connectivity index (χ0v) is 12.1. The Hall–Kier alpha value is -2.26. The lowest BCUT2D eigenvalue weighted by Gasteiger charge is -2.22. The number of anilines is 2. The van der Waals surface area contributed by atoms with E-state index < -0.39 is 0 Å². The predicted octanol–water partition coefficient (Wildman–Crippen LogP) is -0.261. The van der Waals surface area contributed by atoms with Crippen molar-refractivity contribution in [1.29, 1.82) is 0 Å². The van der Waals surface area contributed by atoms with E-state index in [0.717, 1.165) is 0 Å². The van der Waals surface area contributed by atoms with Crippen molar-refractivity contribution in [3.8, 4) is 5.95 Å². The van der Waals surface area contributed by atoms with Gasteiger partial charge in [0, 0.05) is 39.7 Å². The lowest BCUT2D eigenvalue weighted by molar-refractivity contribution is 0.189. The van der Waals surface area contributed by atoms with E-state index >= 15 is 0 Å². The molecule has 2 rings (SSSR count). The molecule has 2 N–H and O–H groups in total. The molecule has 2 aromatic rings. The SMILES string of the molecule is COCCN(CCOC)c1nc(N)nc(-n2ccnc2)n1. The van der Waals surface area contributed by atoms with Crippen LogP contribution in [-0.2, 0) is 9.47 Å². The maximum absolute atomic E-state index is 5.78. The third-order valence-corrected chi connectivity index (χ3v) is 2.78. The van der Waals surface area contributed by atoms with Gasteiger partial charge in [0.05, 0.1) is 13.2 Å². The molecule has 0 saturated heterocycles. The lowest BCUT2D eigenvalue weighted by Crippen LogP contribution is -2.32. The molecule has 9 heteroatoms. The molecule has 0 saturated carbocycles. The van der Waals surface area contributed by atoms with E-state index in [1.807, 2.05) is 4.90 Å². The maximum atomic E-state index is 5.78. The van der Waals surface area contributed by atoms with Crippen molar-refractivity contribution < 1.29 is 9.47 Å². The number of hydrogen-bond acceptors (Lipinski definition) is 8. The molecular weight excluding hydrogens is 274 g/mol. The summed E-state index contributed by atoms with van der Waals surface area (Å²) in [5.41, 5.74) is 5.78. The van der Waals surface area contributed by atoms with Crippen LogP contribution in [0.5, 0.6) is 0 Å². The van der Waals surface area contributed by atoms with Gasteiger partial charge in [0.2, 0.25) is 17.8 Å². The molecule has 0 amide bonds. The molecule has 0 aliphatic heterocycles. The molecule has 9 nitrogen and oxygen atoms in total. The van der Waals surface area contributed by atoms with Crippen LogP contribution in [0.2, 0.25) is 0 Å². The fourth-order valence-corrected chi connectivity index (χ4v) is 1.72. The fraction of sp³-hybridized carbons (Fsp3) is 0.500. The van der Waals surface area contributed by atoms with Gasteiger partial charge in [0.1, 0.15) is 6.33 Å². The van der Waals surface area contributed by atoms with E-state index in [1.165, 1.54) is 0 Å². The Morgan fingerprint density at radius 3 is 2.43 bits per heavy atom. The summed E-state index contributed by atoms with van der Waals surface area (Å²) in [5.74, 6) is 1.07. The summed E-state index contributed by atoms with van der Waals surface area (Å²) in [7, 11) is 3.29. The van der Waals surface area contributed by atoms with Gasteiger partial charge in [0.15, 0.2) is 0 Å². The summed E-state index contributed by atoms with van der Waals surface area (Å²) >= 11 is 0. The van der Waals surface area contributed by atoms with Crippen LogP contribution in [0.1, 0.15) is 0 Å². The number of aromatic nitrogens is 5. The van der Waals surface area contributed by atoms with Gasteiger partial charge in [0.25, 0.3) is 0 Å². The number of nitrogen functional groups attached to an aromatic ring is 1. The smallest absolute Gasteiger partial charge is 0.241 e. The number of imidazole rings is 1. The monoisotopic (exact) mass is 293 g/mol. The summed E-state index contributed by atoms with van der Waals surface area (Å²) in [6.45, 7) is 2.37. The van der Waals surface area contributed by atoms with E-state index in [-0.39, 0.29) is 5.95 Å². The molecule has 21 heavy (non-hydrogen) atoms. The Bertz CT molecular complexity index is 539. The molecule has 0 bridgehead atoms. The largest absolute Gasteiger partial charge is 0.383 e. The van der Waals surface area contributed by atoms with Gasteiger partial charge >= 0.3 is 0 Å². The highest BCUT2D eigenvalue weighted by Gasteiger charge is 2.13. The number of rotatable bonds is 8. The van der Waals surface area contributed by atoms with Crippen molar-refractivity contribution in [2.45, 2.75) is 0 Å². The van der Waals surface area contributed by atoms with Crippen molar-refractivity contribution >= 4 is 11.9 Å². The van der Waals surface area contributed by atoms with E-state index in [2.05, 4.69) is 19.9 Å². The van der Waals surface area contributed by atoms with Crippen molar-refractivity contribution in [2.75, 3.05) is 51.2 Å². The van der Waals surface area contributed by atoms with Crippen LogP contribution in [0.4, 0.5) is 11.9 Å². The summed E-state index contributed by atoms with van der Waals surface area (Å²) in [6, 6.07) is 0. The first-order valence-electron chi connectivity index (χ1n) is 6.47. The highest BCUT2D eigenvalue weighted by molar-refractivity contribution is 5.37. The van der Waals surface area contributed by atoms with Gasteiger partial charge in [-0.3, -0.25) is 4.57 Å². The van der Waals surface area contributed by atoms with Gasteiger partial charge in [-0.1, -0.05) is 0 Å². The minimum atomic E-state index is 0.156. The van der Waals surface area contributed by atoms with Crippen LogP contribution in [0.3, 0.4) is 0 Å². The Labute approximate surface area is 122 Å². The van der Waals surface area contributed by atoms with Gasteiger partial charge in [-0.25, -0.2) is 4.98 Å². The van der Waals surface area contributed by atoms with Gasteiger partial charge in [-0.15, -0.1) is 0 Å². The van der Waals surface area contributed by atoms with Crippen LogP contribution >= 0.6 is 0 Å². The summed E-state index contributed by atoms with van der Waals surface area (Å²) < 4.78 is 11.9. The van der Waals surface area contributed by atoms with Crippen LogP contribution in [0, 0.1) is 0 Å². The van der Waals surface area contributed by atoms with E-state index in [1.54, 1.807) is 37.5 Å². The number of methoxy groups -OCH3 is 2. The van der Waals surface area contributed by atoms with Crippen LogP contribution in [0.15, 0.2) is 18.7 Å². The van der Waals surface area contributed by atoms with Crippen LogP contribution < -0.4 is 10.6 Å². The molecule has 2 aromatic heterocycles. The molecule has 114 valence electrons. The zero-order valence-electron chi connectivity index (χ0n) is 12.1. The van der Waals surface area contributed by atoms with Gasteiger partial charge in [-0.2, -0.15) is 15.0 Å². The zero-order chi connectivity index (χ0) is 15.1. The van der Waals surface area contributed by atoms with Crippen LogP contribution in [-0.4, -0.2) is 65.0 Å². The van der Waals surface area contributed by atoms with E-state index in [4.69, 9.17) is 15.2 Å². The van der Waals surface area contributed by atoms with Gasteiger partial charge in [-0.05, 0) is 0 Å². The molecular formula is C12H19N7O2. The lowest BCUT2D eigenvalue weighted by atomic mass is 10.5. The normalized spacial score (nSPS) is 10.8. The van der Waals surface area contributed by atoms with E-state index in [0.29, 0.717) is 38.2 Å². The highest BCUT2D eigenvalue weighted by atomic mass is 16.5. The topological polar surface area (TPSA) is 104 Å². The number of nitrogens with zero attached hydrogens (tertiary/aromatic N) is 6. The Kier molecular flexibility index (Phi) is 5.41. The third kappa shape index (κ3) is 4.10. The van der Waals surface area contributed by atoms with Crippen molar-refractivity contribution in [2.24, 2.45) is 0 Å². The highest BCUT2D eigenvalue weighted by Crippen LogP contribution is 2.11. The number of nitrogens with two attached hydrogens (primary N) is 1. The quantitative estimate of drug-likeness (QED) is 0.710. The first-order chi connectivity index (χ1) is 10.2. The average Bonchev–Trinajstić information content (AvgIpc) is 3.01. The fourth-order valence-electron chi connectivity index (χ4n) is 1.72. The Morgan fingerprint density at radius 2 is 1.86 bits per heavy atom. The molecule has 0 radical (unpaired) electrons. The predicted molar refractivity (Wildman–Crippen MR) is 77.3 cm³/mol. The third-order valence-electron chi connectivity index (χ3n) is 2.78. The minimum absolute atomic E-state index is 0.156. The van der Waals surface area contributed by atoms with Crippen molar-refractivity contribution in [1.82, 2.24) is 24.5 Å². The molecule has 0 unspecified atom stereocenters. The second-order valence-electron chi connectivity index (χ2n) is 4.24. The molecule has 0 spiro atoms. The standard InChI is InChI=1S/C12H19N7O2/c1-20-7-5-18(6-8-21-2)11-15-10(13)16-12(17-11)19-4-3-14-9-19/h3-4,9H,5-8H2,1-2H3,(H2,13,15,16,17). The van der Waals surface area contributed by atoms with Gasteiger partial charge < -0.3 is 20.1 Å². The summed E-state index contributed by atoms with van der Waals surface area (Å²) in [5, 5.41) is 0. The van der Waals surface area contributed by atoms with E-state index in [9.17, 15) is 0 Å². The van der Waals surface area contributed by atoms with Crippen molar-refractivity contribution in [3.63, 3.8) is 0 Å².